The van der Waals surface area contributed by atoms with Crippen LogP contribution in [-0.2, 0) is 9.59 Å². The second-order valence-corrected chi connectivity index (χ2v) is 7.07. The Bertz CT molecular complexity index is 1020. The van der Waals surface area contributed by atoms with Crippen molar-refractivity contribution in [1.29, 1.82) is 0 Å². The number of carboxylic acid groups (broad SMARTS) is 1. The van der Waals surface area contributed by atoms with Gasteiger partial charge in [0.2, 0.25) is 5.91 Å². The first-order valence-corrected chi connectivity index (χ1v) is 8.93. The molecule has 1 fully saturated rings. The summed E-state index contributed by atoms with van der Waals surface area (Å²) in [7, 11) is 0. The van der Waals surface area contributed by atoms with Crippen LogP contribution in [0.3, 0.4) is 0 Å². The van der Waals surface area contributed by atoms with Gasteiger partial charge in [-0.3, -0.25) is 19.7 Å². The molecule has 0 saturated carbocycles. The number of hydrogen-bond donors (Lipinski definition) is 2. The van der Waals surface area contributed by atoms with E-state index in [1.165, 1.54) is 18.3 Å². The summed E-state index contributed by atoms with van der Waals surface area (Å²) >= 11 is 6.77. The largest absolute Gasteiger partial charge is 0.481 e. The fraction of sp³-hybridized carbons (Fsp3) is 0.125. The Morgan fingerprint density at radius 3 is 2.93 bits per heavy atom. The van der Waals surface area contributed by atoms with E-state index < -0.39 is 22.0 Å². The molecular weight excluding hydrogens is 412 g/mol. The molecule has 0 spiro atoms. The third-order valence-corrected chi connectivity index (χ3v) is 4.92. The van der Waals surface area contributed by atoms with Crippen molar-refractivity contribution in [2.75, 3.05) is 0 Å². The summed E-state index contributed by atoms with van der Waals surface area (Å²) in [5.74, 6) is -0.818. The van der Waals surface area contributed by atoms with Crippen LogP contribution < -0.4 is 5.32 Å². The van der Waals surface area contributed by atoms with Gasteiger partial charge in [-0.05, 0) is 24.3 Å². The number of amides is 1. The lowest BCUT2D eigenvalue weighted by atomic mass is 10.1. The lowest BCUT2D eigenvalue weighted by Crippen LogP contribution is -2.26. The maximum atomic E-state index is 11.6. The quantitative estimate of drug-likeness (QED) is 0.413. The molecule has 1 atom stereocenters. The summed E-state index contributed by atoms with van der Waals surface area (Å²) in [5.41, 5.74) is 0.235. The van der Waals surface area contributed by atoms with E-state index in [9.17, 15) is 19.7 Å². The van der Waals surface area contributed by atoms with Crippen LogP contribution in [0.4, 0.5) is 5.69 Å². The molecule has 0 radical (unpaired) electrons. The number of aliphatic carboxylic acids is 1. The first-order chi connectivity index (χ1) is 13.3. The van der Waals surface area contributed by atoms with Gasteiger partial charge in [-0.25, -0.2) is 0 Å². The molecule has 12 heteroatoms. The molecule has 3 rings (SSSR count). The Kier molecular flexibility index (Phi) is 5.76. The molecule has 1 aromatic carbocycles. The lowest BCUT2D eigenvalue weighted by Gasteiger charge is -1.99. The van der Waals surface area contributed by atoms with Crippen molar-refractivity contribution in [3.63, 3.8) is 0 Å². The number of thioether (sulfide) groups is 1. The number of nitro benzene ring substituents is 1. The highest BCUT2D eigenvalue weighted by atomic mass is 35.5. The number of nitrogens with one attached hydrogen (secondary N) is 1. The van der Waals surface area contributed by atoms with Crippen LogP contribution in [0.5, 0.6) is 0 Å². The summed E-state index contributed by atoms with van der Waals surface area (Å²) in [5, 5.41) is 29.2. The Labute approximate surface area is 166 Å². The Morgan fingerprint density at radius 1 is 1.43 bits per heavy atom. The molecule has 2 N–H and O–H groups in total. The number of nitro groups is 1. The van der Waals surface area contributed by atoms with E-state index in [0.29, 0.717) is 17.1 Å². The normalized spacial score (nSPS) is 18.0. The Morgan fingerprint density at radius 2 is 2.21 bits per heavy atom. The van der Waals surface area contributed by atoms with Gasteiger partial charge in [0.25, 0.3) is 5.69 Å². The van der Waals surface area contributed by atoms with Gasteiger partial charge in [-0.2, -0.15) is 5.10 Å². The smallest absolute Gasteiger partial charge is 0.305 e. The molecule has 144 valence electrons. The minimum Gasteiger partial charge on any atom is -0.481 e. The Hall–Kier alpha value is -3.18. The zero-order chi connectivity index (χ0) is 20.3. The van der Waals surface area contributed by atoms with Gasteiger partial charge in [-0.1, -0.05) is 23.4 Å². The van der Waals surface area contributed by atoms with Gasteiger partial charge in [0.05, 0.1) is 17.6 Å². The fourth-order valence-corrected chi connectivity index (χ4v) is 3.37. The predicted octanol–water partition coefficient (Wildman–Crippen LogP) is 2.90. The number of rotatable bonds is 6. The topological polar surface area (TPSA) is 147 Å². The molecular formula is C16H11ClN4O6S. The highest BCUT2D eigenvalue weighted by Crippen LogP contribution is 2.31. The SMILES string of the molecule is O=C(O)C[C@H]1S/C(=N\N=C/c2ccc(-c3ccc(Cl)c([N+](=O)[O-])c3)o2)NC1=O. The van der Waals surface area contributed by atoms with Crippen molar-refractivity contribution in [2.45, 2.75) is 11.7 Å². The summed E-state index contributed by atoms with van der Waals surface area (Å²) in [6, 6.07) is 7.49. The highest BCUT2D eigenvalue weighted by molar-refractivity contribution is 8.15. The number of benzene rings is 1. The van der Waals surface area contributed by atoms with Crippen LogP contribution in [-0.4, -0.2) is 38.5 Å². The molecule has 28 heavy (non-hydrogen) atoms. The van der Waals surface area contributed by atoms with E-state index in [1.54, 1.807) is 18.2 Å². The number of furan rings is 1. The van der Waals surface area contributed by atoms with Gasteiger partial charge < -0.3 is 14.8 Å². The molecule has 0 aliphatic carbocycles. The average Bonchev–Trinajstić information content (AvgIpc) is 3.22. The van der Waals surface area contributed by atoms with Crippen molar-refractivity contribution in [3.05, 3.63) is 51.2 Å². The molecule has 1 aliphatic heterocycles. The summed E-state index contributed by atoms with van der Waals surface area (Å²) < 4.78 is 5.55. The fourth-order valence-electron chi connectivity index (χ4n) is 2.27. The predicted molar refractivity (Wildman–Crippen MR) is 103 cm³/mol. The Balaban J connectivity index is 1.70. The van der Waals surface area contributed by atoms with Crippen molar-refractivity contribution < 1.29 is 24.0 Å². The second kappa shape index (κ2) is 8.23. The number of nitrogens with zero attached hydrogens (tertiary/aromatic N) is 3. The van der Waals surface area contributed by atoms with Gasteiger partial charge >= 0.3 is 5.97 Å². The number of carbonyl (C=O) groups is 2. The molecule has 2 heterocycles. The minimum absolute atomic E-state index is 0.0234. The number of halogens is 1. The average molecular weight is 423 g/mol. The van der Waals surface area contributed by atoms with E-state index in [2.05, 4.69) is 15.5 Å². The highest BCUT2D eigenvalue weighted by Gasteiger charge is 2.32. The summed E-state index contributed by atoms with van der Waals surface area (Å²) in [6.45, 7) is 0. The van der Waals surface area contributed by atoms with E-state index in [1.807, 2.05) is 0 Å². The van der Waals surface area contributed by atoms with Crippen LogP contribution in [0.15, 0.2) is 45.0 Å². The lowest BCUT2D eigenvalue weighted by molar-refractivity contribution is -0.384. The standard InChI is InChI=1S/C16H11ClN4O6S/c17-10-3-1-8(5-11(10)21(25)26)12-4-2-9(27-12)7-18-20-16-19-15(24)13(28-16)6-14(22)23/h1-5,7,13H,6H2,(H,22,23)(H,19,20,24)/b18-7-/t13-/m1/s1. The molecule has 0 unspecified atom stereocenters. The van der Waals surface area contributed by atoms with Gasteiger partial charge in [0.1, 0.15) is 21.8 Å². The zero-order valence-corrected chi connectivity index (χ0v) is 15.4. The maximum Gasteiger partial charge on any atom is 0.305 e. The summed E-state index contributed by atoms with van der Waals surface area (Å²) in [4.78, 5) is 32.7. The second-order valence-electron chi connectivity index (χ2n) is 5.47. The third kappa shape index (κ3) is 4.56. The monoisotopic (exact) mass is 422 g/mol. The first kappa shape index (κ1) is 19.6. The van der Waals surface area contributed by atoms with Crippen LogP contribution in [0, 0.1) is 10.1 Å². The molecule has 1 amide bonds. The van der Waals surface area contributed by atoms with Crippen LogP contribution in [0.1, 0.15) is 12.2 Å². The van der Waals surface area contributed by atoms with Crippen LogP contribution in [0.2, 0.25) is 5.02 Å². The van der Waals surface area contributed by atoms with E-state index >= 15 is 0 Å². The van der Waals surface area contributed by atoms with Crippen molar-refractivity contribution >= 4 is 52.3 Å². The molecule has 1 aliphatic rings. The van der Waals surface area contributed by atoms with Crippen LogP contribution >= 0.6 is 23.4 Å². The maximum absolute atomic E-state index is 11.6. The van der Waals surface area contributed by atoms with E-state index in [4.69, 9.17) is 21.1 Å². The van der Waals surface area contributed by atoms with Crippen molar-refractivity contribution in [3.8, 4) is 11.3 Å². The van der Waals surface area contributed by atoms with Crippen molar-refractivity contribution in [2.24, 2.45) is 10.2 Å². The van der Waals surface area contributed by atoms with Gasteiger partial charge in [0, 0.05) is 11.6 Å². The number of hydrogen-bond acceptors (Lipinski definition) is 8. The van der Waals surface area contributed by atoms with E-state index in [-0.39, 0.29) is 22.3 Å². The van der Waals surface area contributed by atoms with Gasteiger partial charge in [-0.15, -0.1) is 5.10 Å². The van der Waals surface area contributed by atoms with Gasteiger partial charge in [0.15, 0.2) is 5.17 Å². The molecule has 0 bridgehead atoms. The molecule has 10 nitrogen and oxygen atoms in total. The minimum atomic E-state index is -1.08. The van der Waals surface area contributed by atoms with Crippen molar-refractivity contribution in [1.82, 2.24) is 5.32 Å². The van der Waals surface area contributed by atoms with Crippen LogP contribution in [0.25, 0.3) is 11.3 Å². The summed E-state index contributed by atoms with van der Waals surface area (Å²) in [6.07, 6.45) is 0.978. The molecule has 1 saturated heterocycles. The molecule has 1 aromatic heterocycles. The van der Waals surface area contributed by atoms with E-state index in [0.717, 1.165) is 11.8 Å². The first-order valence-electron chi connectivity index (χ1n) is 7.68. The number of amidine groups is 1. The number of carboxylic acids is 1. The molecule has 2 aromatic rings. The third-order valence-electron chi connectivity index (χ3n) is 3.52. The zero-order valence-electron chi connectivity index (χ0n) is 13.9. The number of carbonyl (C=O) groups excluding carboxylic acids is 1.